The van der Waals surface area contributed by atoms with E-state index in [1.165, 1.54) is 9.13 Å². The van der Waals surface area contributed by atoms with Crippen molar-refractivity contribution >= 4 is 87.5 Å². The fourth-order valence-electron chi connectivity index (χ4n) is 9.90. The van der Waals surface area contributed by atoms with E-state index in [1.807, 2.05) is 84.9 Å². The van der Waals surface area contributed by atoms with Crippen molar-refractivity contribution in [3.05, 3.63) is 224 Å². The lowest BCUT2D eigenvalue weighted by atomic mass is 9.98. The van der Waals surface area contributed by atoms with Gasteiger partial charge in [0.25, 0.3) is 0 Å². The summed E-state index contributed by atoms with van der Waals surface area (Å²) in [5.74, 6) is -0.481. The molecular weight excluding hydrogens is 859 g/mol. The van der Waals surface area contributed by atoms with Crippen molar-refractivity contribution in [3.63, 3.8) is 0 Å². The molecule has 0 fully saturated rings. The van der Waals surface area contributed by atoms with Gasteiger partial charge < -0.3 is 13.4 Å². The van der Waals surface area contributed by atoms with Gasteiger partial charge in [0, 0.05) is 65.3 Å². The number of fused-ring (bicyclic) bond motifs is 12. The zero-order valence-corrected chi connectivity index (χ0v) is 36.3. The van der Waals surface area contributed by atoms with Crippen LogP contribution in [0.15, 0.2) is 233 Å². The second kappa shape index (κ2) is 15.0. The quantitative estimate of drug-likeness (QED) is 0.166. The predicted octanol–water partition coefficient (Wildman–Crippen LogP) is 16.5. The van der Waals surface area contributed by atoms with Crippen molar-refractivity contribution < 1.29 is 29.4 Å². The van der Waals surface area contributed by atoms with Crippen LogP contribution in [0, 0.1) is 0 Å². The first-order chi connectivity index (χ1) is 40.9. The molecule has 0 saturated heterocycles. The molecule has 0 radical (unpaired) electrons. The van der Waals surface area contributed by atoms with E-state index in [9.17, 15) is 5.48 Å². The molecule has 15 aromatic rings. The van der Waals surface area contributed by atoms with E-state index in [4.69, 9.17) is 38.9 Å². The lowest BCUT2D eigenvalue weighted by Gasteiger charge is -2.15. The largest absolute Gasteiger partial charge is 0.455 e. The molecule has 0 aliphatic heterocycles. The Morgan fingerprint density at radius 1 is 0.343 bits per heavy atom. The Bertz CT molecular complexity index is 5460. The highest BCUT2D eigenvalue weighted by Crippen LogP contribution is 2.42. The summed E-state index contributed by atoms with van der Waals surface area (Å²) in [6.45, 7) is 0. The van der Waals surface area contributed by atoms with Gasteiger partial charge >= 0.3 is 0 Å². The summed E-state index contributed by atoms with van der Waals surface area (Å²) in [6.07, 6.45) is 0. The highest BCUT2D eigenvalue weighted by Gasteiger charge is 2.22. The van der Waals surface area contributed by atoms with Crippen LogP contribution in [-0.4, -0.2) is 24.1 Å². The molecule has 0 aliphatic rings. The van der Waals surface area contributed by atoms with Crippen LogP contribution in [0.25, 0.3) is 144 Å². The number of nitrogens with zero attached hydrogens (tertiary/aromatic N) is 5. The van der Waals surface area contributed by atoms with Crippen molar-refractivity contribution in [2.75, 3.05) is 0 Å². The Balaban J connectivity index is 0.987. The summed E-state index contributed by atoms with van der Waals surface area (Å²) in [5.41, 5.74) is 6.11. The third kappa shape index (κ3) is 5.72. The van der Waals surface area contributed by atoms with Crippen molar-refractivity contribution in [3.8, 4) is 56.7 Å². The van der Waals surface area contributed by atoms with Gasteiger partial charge in [0.2, 0.25) is 5.95 Å². The number of furan rings is 2. The van der Waals surface area contributed by atoms with Gasteiger partial charge in [0.15, 0.2) is 11.6 Å². The topological polar surface area (TPSA) is 74.8 Å². The molecule has 0 amide bonds. The van der Waals surface area contributed by atoms with Crippen molar-refractivity contribution in [1.29, 1.82) is 0 Å². The molecule has 0 aliphatic carbocycles. The second-order valence-corrected chi connectivity index (χ2v) is 16.8. The summed E-state index contributed by atoms with van der Waals surface area (Å²) in [7, 11) is 0. The molecule has 15 rings (SSSR count). The third-order valence-corrected chi connectivity index (χ3v) is 13.0. The van der Waals surface area contributed by atoms with Crippen LogP contribution in [-0.2, 0) is 0 Å². The lowest BCUT2D eigenvalue weighted by Crippen LogP contribution is -2.07. The number of benzene rings is 10. The molecule has 0 unspecified atom stereocenters. The Morgan fingerprint density at radius 3 is 1.61 bits per heavy atom. The van der Waals surface area contributed by atoms with E-state index in [1.54, 1.807) is 36.4 Å². The molecule has 0 spiro atoms. The summed E-state index contributed by atoms with van der Waals surface area (Å²) in [5, 5.41) is 3.15. The minimum Gasteiger partial charge on any atom is -0.455 e. The van der Waals surface area contributed by atoms with Crippen LogP contribution in [0.5, 0.6) is 0 Å². The first kappa shape index (κ1) is 26.7. The molecule has 5 aromatic heterocycles. The maximum absolute atomic E-state index is 9.35. The van der Waals surface area contributed by atoms with E-state index in [-0.39, 0.29) is 90.6 Å². The zero-order chi connectivity index (χ0) is 58.9. The van der Waals surface area contributed by atoms with E-state index in [0.717, 1.165) is 49.9 Å². The van der Waals surface area contributed by atoms with Gasteiger partial charge in [-0.1, -0.05) is 164 Å². The molecule has 70 heavy (non-hydrogen) atoms. The molecule has 10 aromatic carbocycles. The first-order valence-electron chi connectivity index (χ1n) is 29.8. The van der Waals surface area contributed by atoms with Gasteiger partial charge in [0.05, 0.1) is 48.3 Å². The fraction of sp³-hybridized carbons (Fsp3) is 0. The number of para-hydroxylation sites is 8. The average molecular weight is 911 g/mol. The number of rotatable bonds is 6. The normalized spacial score (nSPS) is 15.0. The van der Waals surface area contributed by atoms with Gasteiger partial charge in [-0.2, -0.15) is 9.97 Å². The Morgan fingerprint density at radius 2 is 0.871 bits per heavy atom. The van der Waals surface area contributed by atoms with Crippen LogP contribution < -0.4 is 0 Å². The molecular formula is C63H37N5O2. The molecule has 7 heteroatoms. The van der Waals surface area contributed by atoms with Gasteiger partial charge in [-0.25, -0.2) is 4.98 Å². The monoisotopic (exact) mass is 910 g/mol. The van der Waals surface area contributed by atoms with E-state index in [2.05, 4.69) is 6.07 Å². The maximum atomic E-state index is 9.35. The molecule has 326 valence electrons. The van der Waals surface area contributed by atoms with Gasteiger partial charge in [-0.3, -0.25) is 4.57 Å². The van der Waals surface area contributed by atoms with Gasteiger partial charge in [0.1, 0.15) is 22.3 Å². The third-order valence-electron chi connectivity index (χ3n) is 13.0. The van der Waals surface area contributed by atoms with E-state index >= 15 is 0 Å². The van der Waals surface area contributed by atoms with Crippen molar-refractivity contribution in [1.82, 2.24) is 24.1 Å². The first-order valence-corrected chi connectivity index (χ1v) is 22.3. The lowest BCUT2D eigenvalue weighted by molar-refractivity contribution is 0.669. The Kier molecular flexibility index (Phi) is 5.70. The smallest absolute Gasteiger partial charge is 0.238 e. The van der Waals surface area contributed by atoms with Crippen molar-refractivity contribution in [2.45, 2.75) is 0 Å². The molecule has 7 nitrogen and oxygen atoms in total. The molecule has 0 N–H and O–H groups in total. The van der Waals surface area contributed by atoms with E-state index in [0.29, 0.717) is 27.9 Å². The zero-order valence-electron chi connectivity index (χ0n) is 51.3. The van der Waals surface area contributed by atoms with Crippen LogP contribution in [0.2, 0.25) is 0 Å². The molecule has 5 heterocycles. The van der Waals surface area contributed by atoms with E-state index < -0.39 is 72.5 Å². The summed E-state index contributed by atoms with van der Waals surface area (Å²) in [4.78, 5) is 15.1. The Labute approximate surface area is 420 Å². The Hall–Kier alpha value is -9.59. The van der Waals surface area contributed by atoms with Crippen LogP contribution in [0.4, 0.5) is 0 Å². The minimum absolute atomic E-state index is 0.00778. The predicted molar refractivity (Wildman–Crippen MR) is 285 cm³/mol. The standard InChI is InChI=1S/C63H37N5O2/c1-7-28-52-43(18-1)44-19-2-8-29-53(44)67(52)56-32-11-5-23-50(56)62-64-61(65-63(66-62)68-54-30-9-3-20-45(54)46-21-4-10-31-55(46)68)40-17-13-16-38(36-40)41-24-15-27-49-51-37-39(34-35-58(51)70-60(41)49)42-25-14-26-48-47-22-6-12-33-57(47)69-59(42)48/h1-37H/i1D,2D,3D,4D,7D,9D,10D,18D,19D,20D,21D,28D,29D,30D,31D. The SMILES string of the molecule is [2H]c1cc([2H])c2c(c1[2H])c1c([2H])c([2H])c([2H])c([2H])c1n2-c1ccccc1-c1nc(-c2cccc(-c3cccc4c3oc3ccc(-c5cccc6c5oc5ccccc56)cc34)c2)nc(-n2c3c([2H])c([2H])c([2H])c([2H])c3c3c([2H])c([2H])c([2H])c([2H])c32)n1. The fourth-order valence-corrected chi connectivity index (χ4v) is 9.90. The number of hydrogen-bond acceptors (Lipinski definition) is 5. The highest BCUT2D eigenvalue weighted by atomic mass is 16.3. The van der Waals surface area contributed by atoms with Crippen LogP contribution in [0.3, 0.4) is 0 Å². The molecule has 0 saturated carbocycles. The summed E-state index contributed by atoms with van der Waals surface area (Å²) < 4.78 is 151. The number of aromatic nitrogens is 5. The van der Waals surface area contributed by atoms with Gasteiger partial charge in [-0.15, -0.1) is 0 Å². The number of hydrogen-bond donors (Lipinski definition) is 0. The van der Waals surface area contributed by atoms with Gasteiger partial charge in [-0.05, 0) is 71.7 Å². The average Bonchev–Trinajstić information content (AvgIpc) is 2.16. The maximum Gasteiger partial charge on any atom is 0.238 e. The molecule has 0 bridgehead atoms. The van der Waals surface area contributed by atoms with Crippen LogP contribution in [0.1, 0.15) is 20.6 Å². The second-order valence-electron chi connectivity index (χ2n) is 16.8. The van der Waals surface area contributed by atoms with Crippen LogP contribution >= 0.6 is 0 Å². The summed E-state index contributed by atoms with van der Waals surface area (Å²) >= 11 is 0. The minimum atomic E-state index is -0.657. The molecule has 0 atom stereocenters. The van der Waals surface area contributed by atoms with Crippen molar-refractivity contribution in [2.24, 2.45) is 0 Å². The summed E-state index contributed by atoms with van der Waals surface area (Å²) in [6, 6.07) is 32.8. The highest BCUT2D eigenvalue weighted by molar-refractivity contribution is 6.14.